The highest BCUT2D eigenvalue weighted by Gasteiger charge is 2.22. The molecule has 6 heteroatoms. The number of hydrogen-bond acceptors (Lipinski definition) is 5. The first-order valence-electron chi connectivity index (χ1n) is 11.6. The fourth-order valence-electron chi connectivity index (χ4n) is 4.79. The molecular weight excluding hydrogens is 396 g/mol. The van der Waals surface area contributed by atoms with E-state index in [0.29, 0.717) is 6.04 Å². The number of fused-ring (bicyclic) bond motifs is 2. The summed E-state index contributed by atoms with van der Waals surface area (Å²) < 4.78 is 0. The first kappa shape index (κ1) is 20.8. The second-order valence-corrected chi connectivity index (χ2v) is 9.17. The van der Waals surface area contributed by atoms with Crippen LogP contribution < -0.4 is 15.5 Å². The normalized spacial score (nSPS) is 18.8. The standard InChI is InChI=1S/C26H32N6/c1-32(2)25-22-5-3-4-6-24(22)30-26(31-25)29-21-10-7-18(8-11-21)16-27-17-19-9-12-23-20(15-19)13-14-28-23/h3-6,9,12-15,18,21,27-28H,7-8,10-11,16-17H2,1-2H3,(H,29,30,31)/t18-,21+. The Bertz CT molecular complexity index is 1190. The third kappa shape index (κ3) is 4.55. The van der Waals surface area contributed by atoms with Gasteiger partial charge in [0.1, 0.15) is 5.82 Å². The highest BCUT2D eigenvalue weighted by Crippen LogP contribution is 2.28. The lowest BCUT2D eigenvalue weighted by Gasteiger charge is -2.29. The molecule has 0 bridgehead atoms. The van der Waals surface area contributed by atoms with Crippen LogP contribution in [0.2, 0.25) is 0 Å². The summed E-state index contributed by atoms with van der Waals surface area (Å²) in [5.41, 5.74) is 3.54. The molecule has 0 aliphatic heterocycles. The molecule has 0 atom stereocenters. The van der Waals surface area contributed by atoms with E-state index < -0.39 is 0 Å². The Labute approximate surface area is 189 Å². The number of para-hydroxylation sites is 1. The predicted molar refractivity (Wildman–Crippen MR) is 133 cm³/mol. The Morgan fingerprint density at radius 2 is 1.84 bits per heavy atom. The van der Waals surface area contributed by atoms with Gasteiger partial charge in [-0.25, -0.2) is 4.98 Å². The molecule has 0 radical (unpaired) electrons. The van der Waals surface area contributed by atoms with Crippen molar-refractivity contribution in [2.24, 2.45) is 5.92 Å². The first-order valence-corrected chi connectivity index (χ1v) is 11.6. The van der Waals surface area contributed by atoms with E-state index in [-0.39, 0.29) is 0 Å². The fourth-order valence-corrected chi connectivity index (χ4v) is 4.79. The van der Waals surface area contributed by atoms with Gasteiger partial charge in [-0.05, 0) is 79.4 Å². The zero-order valence-corrected chi connectivity index (χ0v) is 18.9. The number of nitrogens with zero attached hydrogens (tertiary/aromatic N) is 3. The van der Waals surface area contributed by atoms with Crippen LogP contribution in [0, 0.1) is 5.92 Å². The van der Waals surface area contributed by atoms with Crippen LogP contribution in [0.4, 0.5) is 11.8 Å². The van der Waals surface area contributed by atoms with Gasteiger partial charge < -0.3 is 20.5 Å². The minimum Gasteiger partial charge on any atom is -0.362 e. The van der Waals surface area contributed by atoms with Crippen molar-refractivity contribution in [1.82, 2.24) is 20.3 Å². The van der Waals surface area contributed by atoms with Gasteiger partial charge in [-0.2, -0.15) is 4.98 Å². The van der Waals surface area contributed by atoms with Gasteiger partial charge in [0.15, 0.2) is 0 Å². The monoisotopic (exact) mass is 428 g/mol. The number of nitrogens with one attached hydrogen (secondary N) is 3. The maximum atomic E-state index is 4.80. The number of H-pyrrole nitrogens is 1. The SMILES string of the molecule is CN(C)c1nc(N[C@H]2CC[C@@H](CNCc3ccc4[nH]ccc4c3)CC2)nc2ccccc12. The van der Waals surface area contributed by atoms with Crippen LogP contribution in [0.3, 0.4) is 0 Å². The molecule has 1 aliphatic carbocycles. The molecule has 4 aromatic rings. The summed E-state index contributed by atoms with van der Waals surface area (Å²) >= 11 is 0. The lowest BCUT2D eigenvalue weighted by atomic mass is 9.86. The molecule has 5 rings (SSSR count). The molecule has 0 unspecified atom stereocenters. The van der Waals surface area contributed by atoms with Crippen LogP contribution in [-0.2, 0) is 6.54 Å². The summed E-state index contributed by atoms with van der Waals surface area (Å²) in [7, 11) is 4.07. The molecule has 0 saturated heterocycles. The van der Waals surface area contributed by atoms with Crippen molar-refractivity contribution < 1.29 is 0 Å². The smallest absolute Gasteiger partial charge is 0.225 e. The minimum atomic E-state index is 0.443. The molecule has 1 saturated carbocycles. The highest BCUT2D eigenvalue weighted by atomic mass is 15.2. The number of rotatable bonds is 7. The van der Waals surface area contributed by atoms with Gasteiger partial charge in [0, 0.05) is 43.8 Å². The van der Waals surface area contributed by atoms with Crippen molar-refractivity contribution in [3.05, 3.63) is 60.3 Å². The van der Waals surface area contributed by atoms with Crippen molar-refractivity contribution in [3.63, 3.8) is 0 Å². The molecule has 6 nitrogen and oxygen atoms in total. The van der Waals surface area contributed by atoms with E-state index in [1.165, 1.54) is 29.3 Å². The Kier molecular flexibility index (Phi) is 5.95. The van der Waals surface area contributed by atoms with Crippen LogP contribution in [0.15, 0.2) is 54.7 Å². The maximum Gasteiger partial charge on any atom is 0.225 e. The van der Waals surface area contributed by atoms with Crippen LogP contribution in [0.25, 0.3) is 21.8 Å². The predicted octanol–water partition coefficient (Wildman–Crippen LogP) is 4.94. The second-order valence-electron chi connectivity index (χ2n) is 9.17. The Balaban J connectivity index is 1.13. The summed E-state index contributed by atoms with van der Waals surface area (Å²) in [5.74, 6) is 2.45. The zero-order chi connectivity index (χ0) is 21.9. The van der Waals surface area contributed by atoms with Crippen molar-refractivity contribution in [2.45, 2.75) is 38.3 Å². The third-order valence-electron chi connectivity index (χ3n) is 6.57. The highest BCUT2D eigenvalue weighted by molar-refractivity contribution is 5.90. The van der Waals surface area contributed by atoms with Crippen molar-refractivity contribution in [3.8, 4) is 0 Å². The lowest BCUT2D eigenvalue weighted by molar-refractivity contribution is 0.324. The van der Waals surface area contributed by atoms with E-state index >= 15 is 0 Å². The maximum absolute atomic E-state index is 4.80. The summed E-state index contributed by atoms with van der Waals surface area (Å²) in [6.45, 7) is 2.01. The topological polar surface area (TPSA) is 68.9 Å². The van der Waals surface area contributed by atoms with Gasteiger partial charge in [0.05, 0.1) is 5.52 Å². The number of anilines is 2. The van der Waals surface area contributed by atoms with Crippen molar-refractivity contribution in [1.29, 1.82) is 0 Å². The molecule has 166 valence electrons. The Morgan fingerprint density at radius 3 is 2.69 bits per heavy atom. The molecule has 3 N–H and O–H groups in total. The van der Waals surface area contributed by atoms with Crippen LogP contribution in [0.1, 0.15) is 31.2 Å². The molecule has 32 heavy (non-hydrogen) atoms. The summed E-state index contributed by atoms with van der Waals surface area (Å²) in [6.07, 6.45) is 6.79. The molecule has 0 spiro atoms. The molecule has 2 heterocycles. The average molecular weight is 429 g/mol. The van der Waals surface area contributed by atoms with Gasteiger partial charge in [-0.3, -0.25) is 0 Å². The largest absolute Gasteiger partial charge is 0.362 e. The van der Waals surface area contributed by atoms with Gasteiger partial charge in [0.25, 0.3) is 0 Å². The van der Waals surface area contributed by atoms with E-state index in [2.05, 4.69) is 56.9 Å². The third-order valence-corrected chi connectivity index (χ3v) is 6.57. The lowest BCUT2D eigenvalue weighted by Crippen LogP contribution is -2.31. The van der Waals surface area contributed by atoms with Gasteiger partial charge in [-0.1, -0.05) is 18.2 Å². The van der Waals surface area contributed by atoms with Gasteiger partial charge in [0.2, 0.25) is 5.95 Å². The number of aromatic amines is 1. The Morgan fingerprint density at radius 1 is 1.00 bits per heavy atom. The van der Waals surface area contributed by atoms with Crippen LogP contribution in [-0.4, -0.2) is 41.6 Å². The molecule has 2 aromatic heterocycles. The number of aromatic nitrogens is 3. The second kappa shape index (κ2) is 9.17. The van der Waals surface area contributed by atoms with E-state index in [1.54, 1.807) is 0 Å². The van der Waals surface area contributed by atoms with Gasteiger partial charge >= 0.3 is 0 Å². The fraction of sp³-hybridized carbons (Fsp3) is 0.385. The molecule has 2 aromatic carbocycles. The zero-order valence-electron chi connectivity index (χ0n) is 18.9. The molecular formula is C26H32N6. The summed E-state index contributed by atoms with van der Waals surface area (Å²) in [6, 6.07) is 17.4. The molecule has 1 aliphatic rings. The minimum absolute atomic E-state index is 0.443. The number of benzene rings is 2. The van der Waals surface area contributed by atoms with Crippen LogP contribution >= 0.6 is 0 Å². The van der Waals surface area contributed by atoms with E-state index in [9.17, 15) is 0 Å². The quantitative estimate of drug-likeness (QED) is 0.389. The number of hydrogen-bond donors (Lipinski definition) is 3. The first-order chi connectivity index (χ1) is 15.7. The van der Waals surface area contributed by atoms with Crippen LogP contribution in [0.5, 0.6) is 0 Å². The molecule has 1 fully saturated rings. The average Bonchev–Trinajstić information content (AvgIpc) is 3.27. The molecule has 0 amide bonds. The van der Waals surface area contributed by atoms with Crippen molar-refractivity contribution >= 4 is 33.6 Å². The summed E-state index contributed by atoms with van der Waals surface area (Å²) in [5, 5.41) is 9.66. The van der Waals surface area contributed by atoms with Crippen molar-refractivity contribution in [2.75, 3.05) is 30.9 Å². The van der Waals surface area contributed by atoms with Gasteiger partial charge in [-0.15, -0.1) is 0 Å². The van der Waals surface area contributed by atoms with E-state index in [1.807, 2.05) is 32.4 Å². The summed E-state index contributed by atoms with van der Waals surface area (Å²) in [4.78, 5) is 14.9. The van der Waals surface area contributed by atoms with E-state index in [0.717, 1.165) is 54.5 Å². The van der Waals surface area contributed by atoms with E-state index in [4.69, 9.17) is 9.97 Å². The Hall–Kier alpha value is -3.12.